The van der Waals surface area contributed by atoms with E-state index in [-0.39, 0.29) is 17.9 Å². The van der Waals surface area contributed by atoms with Crippen molar-refractivity contribution in [1.82, 2.24) is 4.90 Å². The number of benzene rings is 1. The van der Waals surface area contributed by atoms with Crippen LogP contribution in [0.4, 0.5) is 0 Å². The van der Waals surface area contributed by atoms with Crippen LogP contribution in [0.15, 0.2) is 30.3 Å². The van der Waals surface area contributed by atoms with E-state index in [1.807, 2.05) is 37.3 Å². The Kier molecular flexibility index (Phi) is 5.41. The molecule has 0 aliphatic carbocycles. The number of para-hydroxylation sites is 1. The van der Waals surface area contributed by atoms with Gasteiger partial charge in [-0.25, -0.2) is 0 Å². The van der Waals surface area contributed by atoms with Gasteiger partial charge in [0.2, 0.25) is 5.91 Å². The van der Waals surface area contributed by atoms with Gasteiger partial charge in [0.1, 0.15) is 5.75 Å². The summed E-state index contributed by atoms with van der Waals surface area (Å²) in [5.74, 6) is 0.893. The number of likely N-dealkylation sites (tertiary alicyclic amines) is 1. The highest BCUT2D eigenvalue weighted by Gasteiger charge is 2.25. The fraction of sp³-hybridized carbons (Fsp3) is 0.562. The van der Waals surface area contributed by atoms with Crippen molar-refractivity contribution in [3.63, 3.8) is 0 Å². The zero-order chi connectivity index (χ0) is 14.4. The molecular formula is C16H23NO3. The molecule has 4 nitrogen and oxygen atoms in total. The lowest BCUT2D eigenvalue weighted by atomic mass is 10.0. The molecule has 0 spiro atoms. The Morgan fingerprint density at radius 1 is 1.45 bits per heavy atom. The second kappa shape index (κ2) is 7.29. The zero-order valence-corrected chi connectivity index (χ0v) is 12.0. The van der Waals surface area contributed by atoms with E-state index in [0.717, 1.165) is 25.1 Å². The maximum absolute atomic E-state index is 12.2. The molecule has 1 aliphatic rings. The summed E-state index contributed by atoms with van der Waals surface area (Å²) >= 11 is 0. The van der Waals surface area contributed by atoms with Gasteiger partial charge in [0.25, 0.3) is 0 Å². The third-order valence-electron chi connectivity index (χ3n) is 3.69. The van der Waals surface area contributed by atoms with Crippen LogP contribution >= 0.6 is 0 Å². The molecule has 1 heterocycles. The minimum Gasteiger partial charge on any atom is -0.494 e. The molecule has 0 aromatic heterocycles. The third-order valence-corrected chi connectivity index (χ3v) is 3.69. The molecule has 1 fully saturated rings. The Bertz CT molecular complexity index is 421. The molecule has 2 rings (SSSR count). The summed E-state index contributed by atoms with van der Waals surface area (Å²) in [4.78, 5) is 14.0. The van der Waals surface area contributed by atoms with Crippen LogP contribution in [0.1, 0.15) is 26.2 Å². The van der Waals surface area contributed by atoms with E-state index in [1.54, 1.807) is 4.90 Å². The van der Waals surface area contributed by atoms with E-state index in [4.69, 9.17) is 4.74 Å². The molecule has 0 radical (unpaired) electrons. The van der Waals surface area contributed by atoms with Gasteiger partial charge in [-0.15, -0.1) is 0 Å². The van der Waals surface area contributed by atoms with Crippen LogP contribution < -0.4 is 4.74 Å². The maximum Gasteiger partial charge on any atom is 0.225 e. The summed E-state index contributed by atoms with van der Waals surface area (Å²) in [5.41, 5.74) is 0. The highest BCUT2D eigenvalue weighted by atomic mass is 16.5. The zero-order valence-electron chi connectivity index (χ0n) is 12.0. The van der Waals surface area contributed by atoms with Crippen molar-refractivity contribution in [2.75, 3.05) is 19.7 Å². The van der Waals surface area contributed by atoms with Crippen LogP contribution in [0.25, 0.3) is 0 Å². The van der Waals surface area contributed by atoms with Crippen LogP contribution in [0, 0.1) is 5.92 Å². The molecule has 2 atom stereocenters. The number of rotatable bonds is 5. The second-order valence-electron chi connectivity index (χ2n) is 5.43. The van der Waals surface area contributed by atoms with Gasteiger partial charge >= 0.3 is 0 Å². The largest absolute Gasteiger partial charge is 0.494 e. The van der Waals surface area contributed by atoms with E-state index in [9.17, 15) is 9.90 Å². The fourth-order valence-corrected chi connectivity index (χ4v) is 2.46. The molecule has 0 saturated carbocycles. The monoisotopic (exact) mass is 277 g/mol. The standard InChI is InChI=1S/C16H23NO3/c1-13(9-11-20-15-7-3-2-4-8-15)16(19)17-10-5-6-14(18)12-17/h2-4,7-8,13-14,18H,5-6,9-12H2,1H3/t13-,14+/m1/s1. The number of hydrogen-bond acceptors (Lipinski definition) is 3. The molecule has 0 unspecified atom stereocenters. The highest BCUT2D eigenvalue weighted by molar-refractivity contribution is 5.78. The summed E-state index contributed by atoms with van der Waals surface area (Å²) in [6.45, 7) is 3.70. The Morgan fingerprint density at radius 3 is 2.90 bits per heavy atom. The molecule has 1 aromatic carbocycles. The number of ether oxygens (including phenoxy) is 1. The average molecular weight is 277 g/mol. The van der Waals surface area contributed by atoms with E-state index >= 15 is 0 Å². The first-order valence-electron chi connectivity index (χ1n) is 7.31. The summed E-state index contributed by atoms with van der Waals surface area (Å²) in [6, 6.07) is 9.62. The van der Waals surface area contributed by atoms with Crippen LogP contribution in [-0.4, -0.2) is 41.7 Å². The summed E-state index contributed by atoms with van der Waals surface area (Å²) < 4.78 is 5.62. The van der Waals surface area contributed by atoms with Crippen molar-refractivity contribution >= 4 is 5.91 Å². The molecule has 1 N–H and O–H groups in total. The topological polar surface area (TPSA) is 49.8 Å². The second-order valence-corrected chi connectivity index (χ2v) is 5.43. The Labute approximate surface area is 120 Å². The number of carbonyl (C=O) groups excluding carboxylic acids is 1. The summed E-state index contributed by atoms with van der Waals surface area (Å²) in [7, 11) is 0. The molecular weight excluding hydrogens is 254 g/mol. The lowest BCUT2D eigenvalue weighted by Crippen LogP contribution is -2.44. The SMILES string of the molecule is C[C@H](CCOc1ccccc1)C(=O)N1CCC[C@H](O)C1. The molecule has 1 saturated heterocycles. The van der Waals surface area contributed by atoms with Gasteiger partial charge in [0.05, 0.1) is 12.7 Å². The molecule has 1 amide bonds. The average Bonchev–Trinajstić information content (AvgIpc) is 2.47. The number of amides is 1. The van der Waals surface area contributed by atoms with Crippen molar-refractivity contribution in [3.05, 3.63) is 30.3 Å². The van der Waals surface area contributed by atoms with Crippen molar-refractivity contribution < 1.29 is 14.6 Å². The van der Waals surface area contributed by atoms with Crippen molar-refractivity contribution in [3.8, 4) is 5.75 Å². The van der Waals surface area contributed by atoms with Gasteiger partial charge in [0.15, 0.2) is 0 Å². The number of β-amino-alcohol motifs (C(OH)–C–C–N with tert-alkyl or cyclic N) is 1. The summed E-state index contributed by atoms with van der Waals surface area (Å²) in [5, 5.41) is 9.62. The normalized spacial score (nSPS) is 20.5. The minimum atomic E-state index is -0.361. The highest BCUT2D eigenvalue weighted by Crippen LogP contribution is 2.16. The number of aliphatic hydroxyl groups is 1. The number of hydrogen-bond donors (Lipinski definition) is 1. The van der Waals surface area contributed by atoms with E-state index in [0.29, 0.717) is 19.6 Å². The van der Waals surface area contributed by atoms with Gasteiger partial charge in [-0.2, -0.15) is 0 Å². The van der Waals surface area contributed by atoms with Crippen molar-refractivity contribution in [1.29, 1.82) is 0 Å². The Balaban J connectivity index is 1.73. The van der Waals surface area contributed by atoms with Crippen LogP contribution in [0.5, 0.6) is 5.75 Å². The molecule has 4 heteroatoms. The van der Waals surface area contributed by atoms with Crippen molar-refractivity contribution in [2.24, 2.45) is 5.92 Å². The van der Waals surface area contributed by atoms with E-state index in [1.165, 1.54) is 0 Å². The van der Waals surface area contributed by atoms with Gasteiger partial charge in [0, 0.05) is 19.0 Å². The van der Waals surface area contributed by atoms with E-state index in [2.05, 4.69) is 0 Å². The fourth-order valence-electron chi connectivity index (χ4n) is 2.46. The number of nitrogens with zero attached hydrogens (tertiary/aromatic N) is 1. The number of carbonyl (C=O) groups is 1. The molecule has 1 aliphatic heterocycles. The van der Waals surface area contributed by atoms with Crippen LogP contribution in [0.2, 0.25) is 0 Å². The lowest BCUT2D eigenvalue weighted by Gasteiger charge is -2.32. The van der Waals surface area contributed by atoms with Crippen LogP contribution in [0.3, 0.4) is 0 Å². The van der Waals surface area contributed by atoms with Gasteiger partial charge in [-0.3, -0.25) is 4.79 Å². The maximum atomic E-state index is 12.2. The smallest absolute Gasteiger partial charge is 0.225 e. The summed E-state index contributed by atoms with van der Waals surface area (Å²) in [6.07, 6.45) is 2.02. The van der Waals surface area contributed by atoms with E-state index < -0.39 is 0 Å². The van der Waals surface area contributed by atoms with Crippen molar-refractivity contribution in [2.45, 2.75) is 32.3 Å². The van der Waals surface area contributed by atoms with Gasteiger partial charge in [-0.1, -0.05) is 25.1 Å². The molecule has 1 aromatic rings. The van der Waals surface area contributed by atoms with Gasteiger partial charge < -0.3 is 14.7 Å². The Morgan fingerprint density at radius 2 is 2.20 bits per heavy atom. The Hall–Kier alpha value is -1.55. The van der Waals surface area contributed by atoms with Gasteiger partial charge in [-0.05, 0) is 31.4 Å². The predicted octanol–water partition coefficient (Wildman–Crippen LogP) is 2.07. The first kappa shape index (κ1) is 14.9. The quantitative estimate of drug-likeness (QED) is 0.896. The molecule has 110 valence electrons. The molecule has 0 bridgehead atoms. The third kappa shape index (κ3) is 4.23. The van der Waals surface area contributed by atoms with Crippen LogP contribution in [-0.2, 0) is 4.79 Å². The number of aliphatic hydroxyl groups excluding tert-OH is 1. The molecule has 20 heavy (non-hydrogen) atoms. The predicted molar refractivity (Wildman–Crippen MR) is 77.5 cm³/mol. The first-order valence-corrected chi connectivity index (χ1v) is 7.31. The first-order chi connectivity index (χ1) is 9.66. The number of piperidine rings is 1. The minimum absolute atomic E-state index is 0.0657. The lowest BCUT2D eigenvalue weighted by molar-refractivity contribution is -0.138.